The number of amides is 2. The van der Waals surface area contributed by atoms with Gasteiger partial charge < -0.3 is 9.80 Å². The predicted octanol–water partition coefficient (Wildman–Crippen LogP) is 3.70. The Morgan fingerprint density at radius 2 is 1.68 bits per heavy atom. The van der Waals surface area contributed by atoms with E-state index in [1.807, 2.05) is 23.6 Å². The molecule has 1 saturated heterocycles. The minimum atomic E-state index is 0.00179. The summed E-state index contributed by atoms with van der Waals surface area (Å²) in [5.41, 5.74) is 0.706. The highest BCUT2D eigenvalue weighted by Crippen LogP contribution is 2.23. The molecule has 0 unspecified atom stereocenters. The summed E-state index contributed by atoms with van der Waals surface area (Å²) in [6.45, 7) is 6.72. The normalized spacial score (nSPS) is 15.7. The molecule has 120 valence electrons. The van der Waals surface area contributed by atoms with Crippen molar-refractivity contribution in [2.24, 2.45) is 5.92 Å². The van der Waals surface area contributed by atoms with Gasteiger partial charge in [0.05, 0.1) is 0 Å². The number of hydrogen-bond donors (Lipinski definition) is 0. The zero-order chi connectivity index (χ0) is 16.1. The number of urea groups is 1. The van der Waals surface area contributed by atoms with E-state index in [9.17, 15) is 9.59 Å². The van der Waals surface area contributed by atoms with Gasteiger partial charge in [-0.1, -0.05) is 11.6 Å². The van der Waals surface area contributed by atoms with Crippen LogP contribution in [0.1, 0.15) is 37.0 Å². The van der Waals surface area contributed by atoms with Gasteiger partial charge in [-0.25, -0.2) is 4.79 Å². The summed E-state index contributed by atoms with van der Waals surface area (Å²) in [5, 5.41) is 0.635. The topological polar surface area (TPSA) is 40.6 Å². The number of carbonyl (C=O) groups is 2. The van der Waals surface area contributed by atoms with E-state index in [4.69, 9.17) is 11.6 Å². The molecular weight excluding hydrogens is 300 g/mol. The van der Waals surface area contributed by atoms with E-state index in [-0.39, 0.29) is 17.7 Å². The highest BCUT2D eigenvalue weighted by molar-refractivity contribution is 6.30. The van der Waals surface area contributed by atoms with Crippen molar-refractivity contribution in [2.75, 3.05) is 26.2 Å². The summed E-state index contributed by atoms with van der Waals surface area (Å²) in [6, 6.07) is 7.13. The molecular formula is C17H23ClN2O2. The summed E-state index contributed by atoms with van der Waals surface area (Å²) >= 11 is 5.85. The molecule has 0 aromatic heterocycles. The van der Waals surface area contributed by atoms with Gasteiger partial charge in [0.25, 0.3) is 0 Å². The molecule has 2 amide bonds. The van der Waals surface area contributed by atoms with E-state index in [1.54, 1.807) is 24.3 Å². The van der Waals surface area contributed by atoms with Crippen LogP contribution in [-0.2, 0) is 0 Å². The van der Waals surface area contributed by atoms with E-state index in [0.717, 1.165) is 25.9 Å². The van der Waals surface area contributed by atoms with Gasteiger partial charge in [-0.15, -0.1) is 0 Å². The summed E-state index contributed by atoms with van der Waals surface area (Å²) in [6.07, 6.45) is 1.46. The maximum absolute atomic E-state index is 12.5. The Bertz CT molecular complexity index is 518. The number of Topliss-reactive ketones (excluding diaryl/α,β-unsaturated/α-hetero) is 1. The minimum absolute atomic E-state index is 0.00179. The molecule has 1 heterocycles. The van der Waals surface area contributed by atoms with Crippen LogP contribution < -0.4 is 0 Å². The van der Waals surface area contributed by atoms with Gasteiger partial charge in [0.15, 0.2) is 5.78 Å². The van der Waals surface area contributed by atoms with Crippen molar-refractivity contribution < 1.29 is 9.59 Å². The van der Waals surface area contributed by atoms with Crippen LogP contribution >= 0.6 is 11.6 Å². The minimum Gasteiger partial charge on any atom is -0.325 e. The fraction of sp³-hybridized carbons (Fsp3) is 0.529. The SMILES string of the molecule is CCN(CC)C(=O)N1CCC(C(=O)c2ccc(Cl)cc2)CC1. The maximum Gasteiger partial charge on any atom is 0.319 e. The van der Waals surface area contributed by atoms with E-state index < -0.39 is 0 Å². The first kappa shape index (κ1) is 16.8. The van der Waals surface area contributed by atoms with Crippen molar-refractivity contribution in [3.8, 4) is 0 Å². The van der Waals surface area contributed by atoms with Crippen molar-refractivity contribution in [1.29, 1.82) is 0 Å². The molecule has 1 aliphatic rings. The van der Waals surface area contributed by atoms with Crippen LogP contribution in [0.3, 0.4) is 0 Å². The second-order valence-electron chi connectivity index (χ2n) is 5.59. The van der Waals surface area contributed by atoms with Gasteiger partial charge in [0.2, 0.25) is 0 Å². The lowest BCUT2D eigenvalue weighted by molar-refractivity contribution is 0.0836. The van der Waals surface area contributed by atoms with Gasteiger partial charge >= 0.3 is 6.03 Å². The molecule has 1 fully saturated rings. The Labute approximate surface area is 137 Å². The van der Waals surface area contributed by atoms with Crippen LogP contribution in [0.2, 0.25) is 5.02 Å². The number of carbonyl (C=O) groups excluding carboxylic acids is 2. The van der Waals surface area contributed by atoms with Crippen LogP contribution in [0.5, 0.6) is 0 Å². The molecule has 0 bridgehead atoms. The third kappa shape index (κ3) is 3.80. The van der Waals surface area contributed by atoms with E-state index in [2.05, 4.69) is 0 Å². The third-order valence-corrected chi connectivity index (χ3v) is 4.55. The fourth-order valence-corrected chi connectivity index (χ4v) is 3.00. The quantitative estimate of drug-likeness (QED) is 0.793. The largest absolute Gasteiger partial charge is 0.325 e. The molecule has 22 heavy (non-hydrogen) atoms. The van der Waals surface area contributed by atoms with Crippen molar-refractivity contribution in [3.63, 3.8) is 0 Å². The van der Waals surface area contributed by atoms with Crippen LogP contribution in [0, 0.1) is 5.92 Å². The number of likely N-dealkylation sites (tertiary alicyclic amines) is 1. The highest BCUT2D eigenvalue weighted by atomic mass is 35.5. The lowest BCUT2D eigenvalue weighted by atomic mass is 9.89. The Morgan fingerprint density at radius 3 is 2.18 bits per heavy atom. The molecule has 1 aromatic rings. The number of ketones is 1. The van der Waals surface area contributed by atoms with Gasteiger partial charge in [0.1, 0.15) is 0 Å². The van der Waals surface area contributed by atoms with Gasteiger partial charge in [-0.2, -0.15) is 0 Å². The second-order valence-corrected chi connectivity index (χ2v) is 6.02. The number of hydrogen-bond acceptors (Lipinski definition) is 2. The molecule has 1 aromatic carbocycles. The standard InChI is InChI=1S/C17H23ClN2O2/c1-3-19(4-2)17(22)20-11-9-14(10-12-20)16(21)13-5-7-15(18)8-6-13/h5-8,14H,3-4,9-12H2,1-2H3. The zero-order valence-corrected chi connectivity index (χ0v) is 14.0. The molecule has 0 atom stereocenters. The van der Waals surface area contributed by atoms with Crippen molar-refractivity contribution in [1.82, 2.24) is 9.80 Å². The summed E-state index contributed by atoms with van der Waals surface area (Å²) in [4.78, 5) is 28.5. The molecule has 4 nitrogen and oxygen atoms in total. The fourth-order valence-electron chi connectivity index (χ4n) is 2.88. The molecule has 0 aliphatic carbocycles. The average molecular weight is 323 g/mol. The van der Waals surface area contributed by atoms with E-state index in [0.29, 0.717) is 23.7 Å². The predicted molar refractivity (Wildman–Crippen MR) is 88.4 cm³/mol. The smallest absolute Gasteiger partial charge is 0.319 e. The average Bonchev–Trinajstić information content (AvgIpc) is 2.56. The van der Waals surface area contributed by atoms with Gasteiger partial charge in [-0.3, -0.25) is 4.79 Å². The number of benzene rings is 1. The highest BCUT2D eigenvalue weighted by Gasteiger charge is 2.29. The number of piperidine rings is 1. The lowest BCUT2D eigenvalue weighted by Gasteiger charge is -2.34. The molecule has 0 radical (unpaired) electrons. The number of halogens is 1. The molecule has 0 N–H and O–H groups in total. The van der Waals surface area contributed by atoms with E-state index in [1.165, 1.54) is 0 Å². The summed E-state index contributed by atoms with van der Waals surface area (Å²) < 4.78 is 0. The second kappa shape index (κ2) is 7.63. The Morgan fingerprint density at radius 1 is 1.14 bits per heavy atom. The van der Waals surface area contributed by atoms with Gasteiger partial charge in [0, 0.05) is 42.7 Å². The first-order valence-corrected chi connectivity index (χ1v) is 8.28. The van der Waals surface area contributed by atoms with Gasteiger partial charge in [-0.05, 0) is 51.0 Å². The Balaban J connectivity index is 1.93. The van der Waals surface area contributed by atoms with Crippen molar-refractivity contribution >= 4 is 23.4 Å². The summed E-state index contributed by atoms with van der Waals surface area (Å²) in [5.74, 6) is 0.161. The lowest BCUT2D eigenvalue weighted by Crippen LogP contribution is -2.47. The first-order chi connectivity index (χ1) is 10.6. The van der Waals surface area contributed by atoms with Crippen LogP contribution in [0.4, 0.5) is 4.79 Å². The summed E-state index contributed by atoms with van der Waals surface area (Å²) in [7, 11) is 0. The maximum atomic E-state index is 12.5. The molecule has 0 saturated carbocycles. The Hall–Kier alpha value is -1.55. The van der Waals surface area contributed by atoms with E-state index >= 15 is 0 Å². The van der Waals surface area contributed by atoms with Crippen LogP contribution in [0.15, 0.2) is 24.3 Å². The monoisotopic (exact) mass is 322 g/mol. The number of nitrogens with zero attached hydrogens (tertiary/aromatic N) is 2. The zero-order valence-electron chi connectivity index (χ0n) is 13.2. The van der Waals surface area contributed by atoms with Crippen LogP contribution in [-0.4, -0.2) is 47.8 Å². The third-order valence-electron chi connectivity index (χ3n) is 4.30. The molecule has 2 rings (SSSR count). The van der Waals surface area contributed by atoms with Crippen LogP contribution in [0.25, 0.3) is 0 Å². The number of rotatable bonds is 4. The van der Waals surface area contributed by atoms with Crippen molar-refractivity contribution in [2.45, 2.75) is 26.7 Å². The van der Waals surface area contributed by atoms with Crippen molar-refractivity contribution in [3.05, 3.63) is 34.9 Å². The molecule has 5 heteroatoms. The Kier molecular flexibility index (Phi) is 5.83. The molecule has 1 aliphatic heterocycles. The first-order valence-electron chi connectivity index (χ1n) is 7.90. The molecule has 0 spiro atoms.